The van der Waals surface area contributed by atoms with Crippen molar-refractivity contribution in [2.75, 3.05) is 0 Å². The van der Waals surface area contributed by atoms with Gasteiger partial charge in [-0.1, -0.05) is 18.2 Å². The number of carbonyl (C=O) groups is 1. The van der Waals surface area contributed by atoms with Crippen LogP contribution in [0.2, 0.25) is 0 Å². The summed E-state index contributed by atoms with van der Waals surface area (Å²) in [6.07, 6.45) is 0.899. The molecule has 0 bridgehead atoms. The molecule has 0 unspecified atom stereocenters. The van der Waals surface area contributed by atoms with Crippen LogP contribution in [-0.4, -0.2) is 17.2 Å². The average molecular weight is 290 g/mol. The fraction of sp³-hybridized carbons (Fsp3) is 0.0667. The Morgan fingerprint density at radius 2 is 1.86 bits per heavy atom. The van der Waals surface area contributed by atoms with Crippen molar-refractivity contribution in [3.05, 3.63) is 65.2 Å². The molecule has 6 heteroatoms. The normalized spacial score (nSPS) is 10.8. The Kier molecular flexibility index (Phi) is 4.61. The highest BCUT2D eigenvalue weighted by atomic mass is 19.1. The second-order valence-electron chi connectivity index (χ2n) is 4.28. The molecule has 0 atom stereocenters. The summed E-state index contributed by atoms with van der Waals surface area (Å²) in [5, 5.41) is 12.8. The number of hydrogen-bond acceptors (Lipinski definition) is 3. The summed E-state index contributed by atoms with van der Waals surface area (Å²) in [4.78, 5) is 11.6. The van der Waals surface area contributed by atoms with E-state index in [1.807, 2.05) is 0 Å². The van der Waals surface area contributed by atoms with E-state index in [0.29, 0.717) is 5.56 Å². The second-order valence-corrected chi connectivity index (χ2v) is 4.28. The maximum absolute atomic E-state index is 13.3. The molecule has 2 N–H and O–H groups in total. The molecule has 0 saturated carbocycles. The van der Waals surface area contributed by atoms with Gasteiger partial charge in [0.05, 0.1) is 18.2 Å². The molecular weight excluding hydrogens is 278 g/mol. The third-order valence-electron chi connectivity index (χ3n) is 2.66. The van der Waals surface area contributed by atoms with Crippen molar-refractivity contribution in [3.63, 3.8) is 0 Å². The Labute approximate surface area is 119 Å². The van der Waals surface area contributed by atoms with Gasteiger partial charge in [0.2, 0.25) is 5.91 Å². The average Bonchev–Trinajstić information content (AvgIpc) is 2.42. The molecular formula is C15H12F2N2O2. The van der Waals surface area contributed by atoms with E-state index in [0.717, 1.165) is 18.3 Å². The summed E-state index contributed by atoms with van der Waals surface area (Å²) in [6, 6.07) is 9.64. The summed E-state index contributed by atoms with van der Waals surface area (Å²) in [5.74, 6) is -1.94. The molecule has 0 spiro atoms. The topological polar surface area (TPSA) is 61.7 Å². The zero-order chi connectivity index (χ0) is 15.2. The lowest BCUT2D eigenvalue weighted by molar-refractivity contribution is -0.120. The van der Waals surface area contributed by atoms with Crippen molar-refractivity contribution in [1.29, 1.82) is 0 Å². The van der Waals surface area contributed by atoms with Gasteiger partial charge < -0.3 is 5.11 Å². The highest BCUT2D eigenvalue weighted by molar-refractivity contribution is 5.83. The number of nitrogens with zero attached hydrogens (tertiary/aromatic N) is 1. The number of halogens is 2. The highest BCUT2D eigenvalue weighted by Crippen LogP contribution is 2.11. The number of amides is 1. The van der Waals surface area contributed by atoms with Crippen LogP contribution >= 0.6 is 0 Å². The van der Waals surface area contributed by atoms with Crippen LogP contribution in [0, 0.1) is 11.6 Å². The number of carbonyl (C=O) groups excluding carboxylic acids is 1. The van der Waals surface area contributed by atoms with E-state index >= 15 is 0 Å². The molecule has 0 saturated heterocycles. The van der Waals surface area contributed by atoms with E-state index in [4.69, 9.17) is 0 Å². The van der Waals surface area contributed by atoms with Crippen LogP contribution in [0.3, 0.4) is 0 Å². The van der Waals surface area contributed by atoms with E-state index in [1.54, 1.807) is 12.1 Å². The van der Waals surface area contributed by atoms with E-state index in [-0.39, 0.29) is 17.7 Å². The third-order valence-corrected chi connectivity index (χ3v) is 2.66. The first-order valence-electron chi connectivity index (χ1n) is 6.10. The molecule has 0 heterocycles. The first-order valence-corrected chi connectivity index (χ1v) is 6.10. The maximum Gasteiger partial charge on any atom is 0.244 e. The van der Waals surface area contributed by atoms with Crippen LogP contribution in [0.25, 0.3) is 0 Å². The SMILES string of the molecule is O=C(Cc1cccc(O)c1)N/N=C/c1c(F)cccc1F. The Morgan fingerprint density at radius 1 is 1.19 bits per heavy atom. The number of hydrazone groups is 1. The summed E-state index contributed by atoms with van der Waals surface area (Å²) in [7, 11) is 0. The number of phenolic OH excluding ortho intramolecular Hbond substituents is 1. The minimum atomic E-state index is -0.763. The largest absolute Gasteiger partial charge is 0.508 e. The Morgan fingerprint density at radius 3 is 2.52 bits per heavy atom. The maximum atomic E-state index is 13.3. The Bertz CT molecular complexity index is 667. The molecule has 108 valence electrons. The van der Waals surface area contributed by atoms with Gasteiger partial charge in [-0.2, -0.15) is 5.10 Å². The molecule has 0 aliphatic rings. The molecule has 0 aliphatic heterocycles. The highest BCUT2D eigenvalue weighted by Gasteiger charge is 2.06. The van der Waals surface area contributed by atoms with Crippen LogP contribution in [0.1, 0.15) is 11.1 Å². The second kappa shape index (κ2) is 6.60. The van der Waals surface area contributed by atoms with Crippen LogP contribution in [0.5, 0.6) is 5.75 Å². The van der Waals surface area contributed by atoms with Crippen molar-refractivity contribution in [1.82, 2.24) is 5.43 Å². The fourth-order valence-electron chi connectivity index (χ4n) is 1.69. The molecule has 2 aromatic rings. The molecule has 0 aliphatic carbocycles. The van der Waals surface area contributed by atoms with Crippen LogP contribution < -0.4 is 5.43 Å². The quantitative estimate of drug-likeness (QED) is 0.671. The minimum Gasteiger partial charge on any atom is -0.508 e. The number of benzene rings is 2. The van der Waals surface area contributed by atoms with Gasteiger partial charge in [0.25, 0.3) is 0 Å². The van der Waals surface area contributed by atoms with Gasteiger partial charge in [0.1, 0.15) is 17.4 Å². The summed E-state index contributed by atoms with van der Waals surface area (Å²) in [5.41, 5.74) is 2.44. The predicted molar refractivity (Wildman–Crippen MR) is 73.9 cm³/mol. The monoisotopic (exact) mass is 290 g/mol. The van der Waals surface area contributed by atoms with Crippen LogP contribution in [0.4, 0.5) is 8.78 Å². The molecule has 4 nitrogen and oxygen atoms in total. The summed E-state index contributed by atoms with van der Waals surface area (Å²) in [6.45, 7) is 0. The van der Waals surface area contributed by atoms with Crippen LogP contribution in [0.15, 0.2) is 47.6 Å². The molecule has 1 amide bonds. The van der Waals surface area contributed by atoms with Crippen LogP contribution in [-0.2, 0) is 11.2 Å². The molecule has 21 heavy (non-hydrogen) atoms. The standard InChI is InChI=1S/C15H12F2N2O2/c16-13-5-2-6-14(17)12(13)9-18-19-15(21)8-10-3-1-4-11(20)7-10/h1-7,9,20H,8H2,(H,19,21)/b18-9+. The number of phenols is 1. The Balaban J connectivity index is 1.96. The van der Waals surface area contributed by atoms with Gasteiger partial charge in [-0.05, 0) is 29.8 Å². The van der Waals surface area contributed by atoms with Gasteiger partial charge in [0, 0.05) is 0 Å². The van der Waals surface area contributed by atoms with Crippen molar-refractivity contribution in [2.45, 2.75) is 6.42 Å². The molecule has 0 radical (unpaired) electrons. The molecule has 0 fully saturated rings. The van der Waals surface area contributed by atoms with E-state index in [1.165, 1.54) is 18.2 Å². The van der Waals surface area contributed by atoms with Crippen molar-refractivity contribution in [3.8, 4) is 5.75 Å². The molecule has 2 rings (SSSR count). The third kappa shape index (κ3) is 4.10. The Hall–Kier alpha value is -2.76. The smallest absolute Gasteiger partial charge is 0.244 e. The summed E-state index contributed by atoms with van der Waals surface area (Å²) < 4.78 is 26.6. The fourth-order valence-corrected chi connectivity index (χ4v) is 1.69. The van der Waals surface area contributed by atoms with Crippen molar-refractivity contribution >= 4 is 12.1 Å². The van der Waals surface area contributed by atoms with Gasteiger partial charge >= 0.3 is 0 Å². The number of aromatic hydroxyl groups is 1. The molecule has 2 aromatic carbocycles. The number of rotatable bonds is 4. The van der Waals surface area contributed by atoms with Gasteiger partial charge in [0.15, 0.2) is 0 Å². The predicted octanol–water partition coefficient (Wildman–Crippen LogP) is 2.36. The van der Waals surface area contributed by atoms with Gasteiger partial charge in [-0.25, -0.2) is 14.2 Å². The zero-order valence-corrected chi connectivity index (χ0v) is 10.9. The van der Waals surface area contributed by atoms with Gasteiger partial charge in [-0.15, -0.1) is 0 Å². The first kappa shape index (κ1) is 14.6. The first-order chi connectivity index (χ1) is 10.1. The van der Waals surface area contributed by atoms with Crippen molar-refractivity contribution < 1.29 is 18.7 Å². The van der Waals surface area contributed by atoms with Crippen molar-refractivity contribution in [2.24, 2.45) is 5.10 Å². The summed E-state index contributed by atoms with van der Waals surface area (Å²) >= 11 is 0. The zero-order valence-electron chi connectivity index (χ0n) is 10.9. The van der Waals surface area contributed by atoms with Gasteiger partial charge in [-0.3, -0.25) is 4.79 Å². The number of hydrogen-bond donors (Lipinski definition) is 2. The lowest BCUT2D eigenvalue weighted by atomic mass is 10.1. The van der Waals surface area contributed by atoms with E-state index in [2.05, 4.69) is 10.5 Å². The minimum absolute atomic E-state index is 0.00844. The lowest BCUT2D eigenvalue weighted by Gasteiger charge is -2.01. The van der Waals surface area contributed by atoms with E-state index in [9.17, 15) is 18.7 Å². The molecule has 0 aromatic heterocycles. The lowest BCUT2D eigenvalue weighted by Crippen LogP contribution is -2.19. The van der Waals surface area contributed by atoms with E-state index < -0.39 is 17.5 Å². The number of nitrogens with one attached hydrogen (secondary N) is 1.